The maximum absolute atomic E-state index is 7.34. The van der Waals surface area contributed by atoms with Crippen molar-refractivity contribution in [2.24, 2.45) is 0 Å². The first kappa shape index (κ1) is 3.89. The van der Waals surface area contributed by atoms with Crippen molar-refractivity contribution >= 4 is 31.9 Å². The van der Waals surface area contributed by atoms with E-state index in [0.717, 1.165) is 0 Å². The van der Waals surface area contributed by atoms with Gasteiger partial charge in [-0.25, -0.2) is 0 Å². The average molecular weight is 233 g/mol. The van der Waals surface area contributed by atoms with Gasteiger partial charge in [0, 0.05) is 14.2 Å². The molecule has 0 aromatic carbocycles. The Morgan fingerprint density at radius 3 is 2.71 bits per heavy atom. The van der Waals surface area contributed by atoms with Crippen LogP contribution in [0.5, 0.6) is 0 Å². The van der Waals surface area contributed by atoms with Crippen LogP contribution in [-0.2, 0) is 0 Å². The van der Waals surface area contributed by atoms with E-state index in [2.05, 4.69) is 31.9 Å². The summed E-state index contributed by atoms with van der Waals surface area (Å²) < 4.78 is 21.5. The Morgan fingerprint density at radius 1 is 2.00 bits per heavy atom. The third-order valence-electron chi connectivity index (χ3n) is 0.564. The normalized spacial score (nSPS) is 27.0. The number of rotatable bonds is 3. The Morgan fingerprint density at radius 2 is 2.57 bits per heavy atom. The van der Waals surface area contributed by atoms with Crippen LogP contribution >= 0.6 is 31.9 Å². The van der Waals surface area contributed by atoms with Gasteiger partial charge in [-0.2, -0.15) is 0 Å². The minimum atomic E-state index is -1.33. The van der Waals surface area contributed by atoms with E-state index < -0.39 is 10.1 Å². The van der Waals surface area contributed by atoms with E-state index in [4.69, 9.17) is 4.11 Å². The highest BCUT2D eigenvalue weighted by Gasteiger charge is 1.91. The minimum Gasteiger partial charge on any atom is -0.0928 e. The van der Waals surface area contributed by atoms with Crippen molar-refractivity contribution in [2.75, 3.05) is 5.28 Å². The first-order valence-corrected chi connectivity index (χ1v) is 3.67. The molecule has 2 heteroatoms. The lowest BCUT2D eigenvalue weighted by atomic mass is 10.3. The molecular weight excluding hydrogens is 220 g/mol. The van der Waals surface area contributed by atoms with Gasteiger partial charge < -0.3 is 0 Å². The van der Waals surface area contributed by atoms with Crippen molar-refractivity contribution in [1.82, 2.24) is 0 Å². The number of alkyl halides is 2. The Labute approximate surface area is 66.1 Å². The van der Waals surface area contributed by atoms with Gasteiger partial charge in [0.2, 0.25) is 0 Å². The summed E-state index contributed by atoms with van der Waals surface area (Å²) in [5.41, 5.74) is 0. The van der Waals surface area contributed by atoms with Crippen LogP contribution in [0.15, 0.2) is 0 Å². The molecular formula is C5H10Br2. The fourth-order valence-electron chi connectivity index (χ4n) is 0.219. The van der Waals surface area contributed by atoms with Crippen LogP contribution in [0.2, 0.25) is 0 Å². The average Bonchev–Trinajstić information content (AvgIpc) is 1.57. The Kier molecular flexibility index (Phi) is 2.83. The molecule has 0 spiro atoms. The van der Waals surface area contributed by atoms with E-state index in [1.54, 1.807) is 6.92 Å². The van der Waals surface area contributed by atoms with Gasteiger partial charge >= 0.3 is 0 Å². The number of hydrogen-bond donors (Lipinski definition) is 0. The van der Waals surface area contributed by atoms with Crippen molar-refractivity contribution in [3.63, 3.8) is 0 Å². The standard InChI is InChI=1S/C5H10Br2/c1-5(7)3-2-4-6/h5H,2-4H2,1H3/i4D2,5D. The largest absolute Gasteiger partial charge is 0.0928 e. The smallest absolute Gasteiger partial charge is 0.0420 e. The van der Waals surface area contributed by atoms with Crippen LogP contribution in [0.25, 0.3) is 0 Å². The van der Waals surface area contributed by atoms with Crippen LogP contribution in [-0.4, -0.2) is 10.1 Å². The van der Waals surface area contributed by atoms with Crippen molar-refractivity contribution in [2.45, 2.75) is 24.6 Å². The summed E-state index contributed by atoms with van der Waals surface area (Å²) in [5, 5.41) is -1.33. The topological polar surface area (TPSA) is 0 Å². The predicted octanol–water partition coefficient (Wildman–Crippen LogP) is 2.94. The third kappa shape index (κ3) is 6.96. The molecule has 1 unspecified atom stereocenters. The van der Waals surface area contributed by atoms with Gasteiger partial charge in [-0.15, -0.1) is 0 Å². The highest BCUT2D eigenvalue weighted by atomic mass is 79.9. The summed E-state index contributed by atoms with van der Waals surface area (Å²) in [5.74, 6) is 0. The van der Waals surface area contributed by atoms with E-state index in [9.17, 15) is 0 Å². The van der Waals surface area contributed by atoms with Gasteiger partial charge in [-0.3, -0.25) is 0 Å². The molecule has 0 aliphatic rings. The molecule has 0 saturated carbocycles. The molecule has 0 nitrogen and oxygen atoms in total. The lowest BCUT2D eigenvalue weighted by Gasteiger charge is -1.96. The quantitative estimate of drug-likeness (QED) is 0.657. The molecule has 0 aliphatic heterocycles. The molecule has 0 fully saturated rings. The second kappa shape index (κ2) is 5.10. The Hall–Kier alpha value is 0.960. The number of halogens is 2. The molecule has 44 valence electrons. The zero-order valence-corrected chi connectivity index (χ0v) is 7.34. The maximum Gasteiger partial charge on any atom is 0.0420 e. The highest BCUT2D eigenvalue weighted by molar-refractivity contribution is 9.09. The van der Waals surface area contributed by atoms with E-state index in [1.807, 2.05) is 0 Å². The van der Waals surface area contributed by atoms with Crippen molar-refractivity contribution in [3.8, 4) is 0 Å². The summed E-state index contributed by atoms with van der Waals surface area (Å²) in [6, 6.07) is 0. The Bertz CT molecular complexity index is 88.4. The van der Waals surface area contributed by atoms with Gasteiger partial charge in [-0.05, 0) is 12.8 Å². The molecule has 7 heavy (non-hydrogen) atoms. The summed E-state index contributed by atoms with van der Waals surface area (Å²) in [7, 11) is 0. The van der Waals surface area contributed by atoms with Crippen LogP contribution in [0.4, 0.5) is 0 Å². The zero-order chi connectivity index (χ0) is 8.41. The van der Waals surface area contributed by atoms with Crippen LogP contribution in [0.3, 0.4) is 0 Å². The first-order chi connectivity index (χ1) is 4.21. The van der Waals surface area contributed by atoms with Crippen LogP contribution in [0.1, 0.15) is 23.9 Å². The lowest BCUT2D eigenvalue weighted by Crippen LogP contribution is -1.88. The molecule has 0 radical (unpaired) electrons. The van der Waals surface area contributed by atoms with Crippen LogP contribution < -0.4 is 0 Å². The fourth-order valence-corrected chi connectivity index (χ4v) is 0.616. The lowest BCUT2D eigenvalue weighted by molar-refractivity contribution is 0.807. The van der Waals surface area contributed by atoms with Gasteiger partial charge in [0.15, 0.2) is 0 Å². The molecule has 0 rings (SSSR count). The third-order valence-corrected chi connectivity index (χ3v) is 1.36. The van der Waals surface area contributed by atoms with E-state index in [0.29, 0.717) is 12.8 Å². The predicted molar refractivity (Wildman–Crippen MR) is 41.4 cm³/mol. The van der Waals surface area contributed by atoms with E-state index in [1.165, 1.54) is 0 Å². The molecule has 0 aromatic heterocycles. The van der Waals surface area contributed by atoms with Gasteiger partial charge in [0.05, 0.1) is 0 Å². The summed E-state index contributed by atoms with van der Waals surface area (Å²) >= 11 is 5.97. The van der Waals surface area contributed by atoms with E-state index in [-0.39, 0.29) is 0 Å². The molecule has 0 aliphatic carbocycles. The van der Waals surface area contributed by atoms with Gasteiger partial charge in [0.1, 0.15) is 0 Å². The molecule has 0 heterocycles. The molecule has 1 atom stereocenters. The molecule has 0 N–H and O–H groups in total. The summed E-state index contributed by atoms with van der Waals surface area (Å²) in [4.78, 5) is -0.700. The monoisotopic (exact) mass is 231 g/mol. The van der Waals surface area contributed by atoms with Gasteiger partial charge in [-0.1, -0.05) is 38.8 Å². The SMILES string of the molecule is [2H]C([2H])(Br)CCC([2H])(C)Br. The molecule has 0 amide bonds. The van der Waals surface area contributed by atoms with Crippen molar-refractivity contribution < 1.29 is 4.11 Å². The Balaban J connectivity index is 3.56. The fraction of sp³-hybridized carbons (Fsp3) is 1.00. The second-order valence-electron chi connectivity index (χ2n) is 1.31. The summed E-state index contributed by atoms with van der Waals surface area (Å²) in [6.07, 6.45) is 0.837. The van der Waals surface area contributed by atoms with Crippen molar-refractivity contribution in [1.29, 1.82) is 0 Å². The van der Waals surface area contributed by atoms with Crippen LogP contribution in [0, 0.1) is 0 Å². The first-order valence-electron chi connectivity index (χ1n) is 3.59. The molecule has 0 bridgehead atoms. The maximum atomic E-state index is 7.34. The highest BCUT2D eigenvalue weighted by Crippen LogP contribution is 2.06. The van der Waals surface area contributed by atoms with Crippen molar-refractivity contribution in [3.05, 3.63) is 0 Å². The summed E-state index contributed by atoms with van der Waals surface area (Å²) in [6.45, 7) is 1.70. The van der Waals surface area contributed by atoms with Gasteiger partial charge in [0.25, 0.3) is 0 Å². The second-order valence-corrected chi connectivity index (χ2v) is 3.22. The minimum absolute atomic E-state index is 0.345. The number of hydrogen-bond acceptors (Lipinski definition) is 0. The molecule has 0 aromatic rings. The van der Waals surface area contributed by atoms with E-state index >= 15 is 0 Å². The molecule has 0 saturated heterocycles. The zero-order valence-electron chi connectivity index (χ0n) is 7.17.